The minimum absolute atomic E-state index is 0.195. The van der Waals surface area contributed by atoms with Gasteiger partial charge in [0, 0.05) is 24.1 Å². The lowest BCUT2D eigenvalue weighted by atomic mass is 9.71. The molecule has 1 fully saturated rings. The van der Waals surface area contributed by atoms with E-state index in [1.807, 2.05) is 0 Å². The van der Waals surface area contributed by atoms with Gasteiger partial charge in [0.15, 0.2) is 0 Å². The van der Waals surface area contributed by atoms with Crippen molar-refractivity contribution >= 4 is 21.4 Å². The van der Waals surface area contributed by atoms with E-state index in [9.17, 15) is 14.2 Å². The fourth-order valence-corrected chi connectivity index (χ4v) is 4.88. The van der Waals surface area contributed by atoms with Crippen LogP contribution in [0.1, 0.15) is 38.5 Å². The van der Waals surface area contributed by atoms with Gasteiger partial charge in [0.25, 0.3) is 5.08 Å². The highest BCUT2D eigenvalue weighted by Gasteiger charge is 2.59. The summed E-state index contributed by atoms with van der Waals surface area (Å²) in [4.78, 5) is 36.4. The van der Waals surface area contributed by atoms with Crippen LogP contribution in [0.3, 0.4) is 0 Å². The van der Waals surface area contributed by atoms with E-state index in [1.54, 1.807) is 0 Å². The number of rotatable bonds is 6. The fourth-order valence-electron chi connectivity index (χ4n) is 2.71. The summed E-state index contributed by atoms with van der Waals surface area (Å²) >= 11 is 0. The second-order valence-corrected chi connectivity index (χ2v) is 9.62. The van der Waals surface area contributed by atoms with Crippen LogP contribution in [0.2, 0.25) is 0 Å². The Kier molecular flexibility index (Phi) is 5.57. The van der Waals surface area contributed by atoms with Crippen LogP contribution in [0, 0.1) is 11.3 Å². The molecule has 1 rings (SSSR count). The average molecular weight is 344 g/mol. The lowest BCUT2D eigenvalue weighted by Gasteiger charge is -2.41. The summed E-state index contributed by atoms with van der Waals surface area (Å²) in [7, 11) is -10.9. The van der Waals surface area contributed by atoms with Gasteiger partial charge >= 0.3 is 15.2 Å². The van der Waals surface area contributed by atoms with Crippen molar-refractivity contribution in [2.24, 2.45) is 11.7 Å². The minimum atomic E-state index is -5.46. The predicted octanol–water partition coefficient (Wildman–Crippen LogP) is 0.305. The Labute approximate surface area is 122 Å². The lowest BCUT2D eigenvalue weighted by molar-refractivity contribution is 0.105. The molecule has 0 amide bonds. The first-order chi connectivity index (χ1) is 9.37. The number of aliphatic hydroxyl groups is 1. The molecule has 8 N–H and O–H groups in total. The molecule has 11 heteroatoms. The first-order valence-corrected chi connectivity index (χ1v) is 9.73. The van der Waals surface area contributed by atoms with Gasteiger partial charge in [0.2, 0.25) is 0 Å². The molecule has 0 aromatic rings. The molecule has 0 aromatic heterocycles. The van der Waals surface area contributed by atoms with Crippen molar-refractivity contribution in [2.75, 3.05) is 0 Å². The van der Waals surface area contributed by atoms with E-state index in [0.717, 1.165) is 19.1 Å². The van der Waals surface area contributed by atoms with Gasteiger partial charge in [-0.2, -0.15) is 0 Å². The first kappa shape index (κ1) is 18.9. The summed E-state index contributed by atoms with van der Waals surface area (Å²) in [5.74, 6) is -0.343. The first-order valence-electron chi connectivity index (χ1n) is 6.50. The molecular weight excluding hydrogens is 322 g/mol. The zero-order valence-electron chi connectivity index (χ0n) is 11.4. The van der Waals surface area contributed by atoms with Crippen LogP contribution in [0.25, 0.3) is 0 Å². The number of nitrogens with one attached hydrogen (secondary N) is 1. The second-order valence-electron chi connectivity index (χ2n) is 5.61. The van der Waals surface area contributed by atoms with E-state index in [-0.39, 0.29) is 12.3 Å². The summed E-state index contributed by atoms with van der Waals surface area (Å²) in [5.41, 5.74) is 5.14. The van der Waals surface area contributed by atoms with Crippen molar-refractivity contribution in [1.29, 1.82) is 5.41 Å². The van der Waals surface area contributed by atoms with Crippen molar-refractivity contribution < 1.29 is 33.8 Å². The molecule has 1 aliphatic carbocycles. The van der Waals surface area contributed by atoms with E-state index < -0.39 is 32.2 Å². The molecule has 1 aliphatic rings. The highest BCUT2D eigenvalue weighted by Crippen LogP contribution is 2.69. The quantitative estimate of drug-likeness (QED) is 0.265. The van der Waals surface area contributed by atoms with Gasteiger partial charge < -0.3 is 35.8 Å². The topological polar surface area (TPSA) is 185 Å². The SMILES string of the molecule is N=CC1CCCCC1(N)CCC(O)(P(=O)(O)O)P(=O)(O)O. The van der Waals surface area contributed by atoms with E-state index in [2.05, 4.69) is 0 Å². The van der Waals surface area contributed by atoms with E-state index in [1.165, 1.54) is 0 Å². The molecule has 0 heterocycles. The Hall–Kier alpha value is -0.110. The van der Waals surface area contributed by atoms with Gasteiger partial charge in [-0.25, -0.2) is 0 Å². The molecule has 0 saturated heterocycles. The Balaban J connectivity index is 2.99. The monoisotopic (exact) mass is 344 g/mol. The van der Waals surface area contributed by atoms with Gasteiger partial charge in [0.05, 0.1) is 0 Å². The molecular formula is C10H22N2O7P2. The van der Waals surface area contributed by atoms with Crippen LogP contribution in [0.4, 0.5) is 0 Å². The van der Waals surface area contributed by atoms with Gasteiger partial charge in [-0.05, 0) is 19.3 Å². The molecule has 0 bridgehead atoms. The Morgan fingerprint density at radius 1 is 1.24 bits per heavy atom. The van der Waals surface area contributed by atoms with Crippen LogP contribution in [0.15, 0.2) is 0 Å². The van der Waals surface area contributed by atoms with Crippen molar-refractivity contribution in [2.45, 2.75) is 49.1 Å². The molecule has 21 heavy (non-hydrogen) atoms. The van der Waals surface area contributed by atoms with Gasteiger partial charge in [-0.1, -0.05) is 12.8 Å². The molecule has 0 radical (unpaired) electrons. The van der Waals surface area contributed by atoms with Crippen LogP contribution >= 0.6 is 15.2 Å². The molecule has 0 aliphatic heterocycles. The maximum Gasteiger partial charge on any atom is 0.369 e. The van der Waals surface area contributed by atoms with E-state index in [0.29, 0.717) is 12.8 Å². The lowest BCUT2D eigenvalue weighted by Crippen LogP contribution is -2.51. The molecule has 2 atom stereocenters. The van der Waals surface area contributed by atoms with Crippen LogP contribution in [-0.4, -0.2) is 41.5 Å². The summed E-state index contributed by atoms with van der Waals surface area (Å²) in [5, 5.41) is 13.8. The third-order valence-electron chi connectivity index (χ3n) is 4.21. The minimum Gasteiger partial charge on any atom is -0.368 e. The van der Waals surface area contributed by atoms with Gasteiger partial charge in [-0.15, -0.1) is 0 Å². The molecule has 1 saturated carbocycles. The Morgan fingerprint density at radius 2 is 1.76 bits per heavy atom. The summed E-state index contributed by atoms with van der Waals surface area (Å²) in [6.07, 6.45) is 2.83. The van der Waals surface area contributed by atoms with Crippen molar-refractivity contribution in [3.8, 4) is 0 Å². The van der Waals surface area contributed by atoms with Crippen LogP contribution in [0.5, 0.6) is 0 Å². The average Bonchev–Trinajstić information content (AvgIpc) is 2.33. The highest BCUT2D eigenvalue weighted by atomic mass is 31.2. The smallest absolute Gasteiger partial charge is 0.368 e. The largest absolute Gasteiger partial charge is 0.369 e. The zero-order valence-corrected chi connectivity index (χ0v) is 13.2. The maximum absolute atomic E-state index is 11.3. The highest BCUT2D eigenvalue weighted by molar-refractivity contribution is 7.72. The number of hydrogen-bond donors (Lipinski definition) is 7. The Morgan fingerprint density at radius 3 is 2.19 bits per heavy atom. The summed E-state index contributed by atoms with van der Waals surface area (Å²) < 4.78 is 22.6. The van der Waals surface area contributed by atoms with Crippen molar-refractivity contribution in [3.05, 3.63) is 0 Å². The van der Waals surface area contributed by atoms with Crippen molar-refractivity contribution in [3.63, 3.8) is 0 Å². The van der Waals surface area contributed by atoms with E-state index in [4.69, 9.17) is 30.7 Å². The molecule has 0 aromatic carbocycles. The summed E-state index contributed by atoms with van der Waals surface area (Å²) in [6, 6.07) is 0. The predicted molar refractivity (Wildman–Crippen MR) is 75.9 cm³/mol. The maximum atomic E-state index is 11.3. The third-order valence-corrected chi connectivity index (χ3v) is 8.08. The van der Waals surface area contributed by atoms with Gasteiger partial charge in [-0.3, -0.25) is 9.13 Å². The third kappa shape index (κ3) is 3.81. The fraction of sp³-hybridized carbons (Fsp3) is 0.900. The van der Waals surface area contributed by atoms with Crippen LogP contribution < -0.4 is 5.73 Å². The summed E-state index contributed by atoms with van der Waals surface area (Å²) in [6.45, 7) is 0. The molecule has 9 nitrogen and oxygen atoms in total. The number of nitrogens with two attached hydrogens (primary N) is 1. The second kappa shape index (κ2) is 6.18. The molecule has 2 unspecified atom stereocenters. The zero-order chi connectivity index (χ0) is 16.5. The van der Waals surface area contributed by atoms with Gasteiger partial charge in [0.1, 0.15) is 0 Å². The molecule has 124 valence electrons. The molecule has 0 spiro atoms. The standard InChI is InChI=1S/C10H22N2O7P2/c11-7-8-3-1-2-4-9(8,12)5-6-10(13,20(14,15)16)21(17,18)19/h7-8,11,13H,1-6,12H2,(H2,14,15,16)(H2,17,18,19). The van der Waals surface area contributed by atoms with Crippen molar-refractivity contribution in [1.82, 2.24) is 0 Å². The number of hydrogen-bond acceptors (Lipinski definition) is 5. The normalized spacial score (nSPS) is 28.4. The Bertz CT molecular complexity index is 466. The van der Waals surface area contributed by atoms with E-state index >= 15 is 0 Å². The van der Waals surface area contributed by atoms with Crippen LogP contribution in [-0.2, 0) is 9.13 Å².